The fraction of sp³-hybridized carbons (Fsp3) is 0.100. The third-order valence-corrected chi connectivity index (χ3v) is 3.00. The molecule has 0 aliphatic carbocycles. The Labute approximate surface area is 95.5 Å². The zero-order chi connectivity index (χ0) is 11.5. The number of hydrogen-bond donors (Lipinski definition) is 2. The maximum absolute atomic E-state index is 11.0. The Bertz CT molecular complexity index is 458. The molecule has 16 heavy (non-hydrogen) atoms. The van der Waals surface area contributed by atoms with Gasteiger partial charge in [0.2, 0.25) is 0 Å². The molecule has 1 aromatic carbocycles. The molecule has 1 heterocycles. The minimum atomic E-state index is -1.07. The summed E-state index contributed by atoms with van der Waals surface area (Å²) in [7, 11) is 0. The van der Waals surface area contributed by atoms with Gasteiger partial charge in [0.05, 0.1) is 5.71 Å². The van der Waals surface area contributed by atoms with E-state index in [1.165, 1.54) is 0 Å². The smallest absolute Gasteiger partial charge is 0.323 e. The molecule has 0 aromatic heterocycles. The van der Waals surface area contributed by atoms with Crippen LogP contribution in [0.4, 0.5) is 4.79 Å². The van der Waals surface area contributed by atoms with E-state index in [9.17, 15) is 9.59 Å². The average molecular weight is 236 g/mol. The fourth-order valence-corrected chi connectivity index (χ4v) is 2.06. The Morgan fingerprint density at radius 1 is 1.38 bits per heavy atom. The monoisotopic (exact) mass is 236 g/mol. The molecular formula is C10H8N2O3S. The van der Waals surface area contributed by atoms with Crippen LogP contribution >= 0.6 is 11.8 Å². The molecule has 1 unspecified atom stereocenters. The second kappa shape index (κ2) is 4.36. The van der Waals surface area contributed by atoms with Gasteiger partial charge in [-0.05, 0) is 17.3 Å². The normalized spacial score (nSPS) is 19.9. The highest BCUT2D eigenvalue weighted by Gasteiger charge is 2.32. The number of rotatable bonds is 2. The molecule has 1 aromatic rings. The molecule has 1 aliphatic rings. The Hall–Kier alpha value is -1.82. The first-order valence-electron chi connectivity index (χ1n) is 4.51. The predicted octanol–water partition coefficient (Wildman–Crippen LogP) is 1.30. The number of carbonyl (C=O) groups excluding carboxylic acids is 1. The maximum atomic E-state index is 11.0. The first kappa shape index (κ1) is 10.7. The number of benzene rings is 1. The van der Waals surface area contributed by atoms with Gasteiger partial charge in [0.15, 0.2) is 5.25 Å². The third-order valence-electron chi connectivity index (χ3n) is 2.03. The van der Waals surface area contributed by atoms with Gasteiger partial charge in [0.1, 0.15) is 0 Å². The molecule has 0 radical (unpaired) electrons. The van der Waals surface area contributed by atoms with E-state index in [-0.39, 0.29) is 0 Å². The molecule has 0 saturated heterocycles. The van der Waals surface area contributed by atoms with Gasteiger partial charge in [0, 0.05) is 0 Å². The summed E-state index contributed by atoms with van der Waals surface area (Å²) in [6, 6.07) is 8.92. The van der Waals surface area contributed by atoms with Crippen LogP contribution in [0.1, 0.15) is 5.56 Å². The second-order valence-corrected chi connectivity index (χ2v) is 4.18. The van der Waals surface area contributed by atoms with Gasteiger partial charge in [-0.15, -0.1) is 0 Å². The van der Waals surface area contributed by atoms with Crippen molar-refractivity contribution >= 4 is 28.7 Å². The zero-order valence-corrected chi connectivity index (χ0v) is 8.90. The molecule has 1 aliphatic heterocycles. The van der Waals surface area contributed by atoms with Crippen molar-refractivity contribution in [3.05, 3.63) is 35.9 Å². The first-order chi connectivity index (χ1) is 7.68. The van der Waals surface area contributed by atoms with Crippen LogP contribution in [0.25, 0.3) is 0 Å². The Morgan fingerprint density at radius 2 is 2.06 bits per heavy atom. The molecule has 0 bridgehead atoms. The highest BCUT2D eigenvalue weighted by molar-refractivity contribution is 8.15. The highest BCUT2D eigenvalue weighted by Crippen LogP contribution is 2.21. The lowest BCUT2D eigenvalue weighted by Gasteiger charge is -2.18. The molecule has 0 fully saturated rings. The number of carboxylic acid groups (broad SMARTS) is 1. The molecule has 6 heteroatoms. The van der Waals surface area contributed by atoms with E-state index in [1.54, 1.807) is 24.3 Å². The fourth-order valence-electron chi connectivity index (χ4n) is 1.35. The van der Waals surface area contributed by atoms with Gasteiger partial charge in [0.25, 0.3) is 5.24 Å². The Morgan fingerprint density at radius 3 is 2.69 bits per heavy atom. The highest BCUT2D eigenvalue weighted by atomic mass is 32.2. The van der Waals surface area contributed by atoms with Gasteiger partial charge < -0.3 is 5.11 Å². The molecule has 82 valence electrons. The van der Waals surface area contributed by atoms with Gasteiger partial charge in [-0.2, -0.15) is 5.10 Å². The molecular weight excluding hydrogens is 228 g/mol. The van der Waals surface area contributed by atoms with E-state index in [1.807, 2.05) is 6.07 Å². The zero-order valence-electron chi connectivity index (χ0n) is 8.08. The van der Waals surface area contributed by atoms with Gasteiger partial charge in [-0.3, -0.25) is 9.59 Å². The first-order valence-corrected chi connectivity index (χ1v) is 5.39. The standard InChI is InChI=1S/C10H8N2O3S/c13-9(14)8-7(11-12-10(15)16-8)6-4-2-1-3-5-6/h1-5,8H,(H,12,15)(H,13,14). The number of carboxylic acids is 1. The van der Waals surface area contributed by atoms with Crippen molar-refractivity contribution in [2.45, 2.75) is 5.25 Å². The van der Waals surface area contributed by atoms with E-state index in [4.69, 9.17) is 5.11 Å². The van der Waals surface area contributed by atoms with Crippen molar-refractivity contribution in [3.8, 4) is 0 Å². The average Bonchev–Trinajstić information content (AvgIpc) is 2.30. The van der Waals surface area contributed by atoms with Crippen LogP contribution in [-0.4, -0.2) is 27.3 Å². The maximum Gasteiger partial charge on any atom is 0.323 e. The molecule has 0 spiro atoms. The van der Waals surface area contributed by atoms with E-state index >= 15 is 0 Å². The van der Waals surface area contributed by atoms with Crippen molar-refractivity contribution in [2.75, 3.05) is 0 Å². The summed E-state index contributed by atoms with van der Waals surface area (Å²) in [6.07, 6.45) is 0. The summed E-state index contributed by atoms with van der Waals surface area (Å²) in [5.41, 5.74) is 3.32. The van der Waals surface area contributed by atoms with Crippen molar-refractivity contribution in [1.29, 1.82) is 0 Å². The van der Waals surface area contributed by atoms with Crippen LogP contribution < -0.4 is 5.43 Å². The number of hydrogen-bond acceptors (Lipinski definition) is 4. The summed E-state index contributed by atoms with van der Waals surface area (Å²) < 4.78 is 0. The Balaban J connectivity index is 2.38. The number of nitrogens with zero attached hydrogens (tertiary/aromatic N) is 1. The van der Waals surface area contributed by atoms with Crippen LogP contribution in [0, 0.1) is 0 Å². The lowest BCUT2D eigenvalue weighted by Crippen LogP contribution is -2.36. The summed E-state index contributed by atoms with van der Waals surface area (Å²) in [4.78, 5) is 22.0. The van der Waals surface area contributed by atoms with E-state index in [0.29, 0.717) is 11.3 Å². The van der Waals surface area contributed by atoms with E-state index in [2.05, 4.69) is 10.5 Å². The van der Waals surface area contributed by atoms with Crippen LogP contribution in [0.3, 0.4) is 0 Å². The van der Waals surface area contributed by atoms with E-state index in [0.717, 1.165) is 11.8 Å². The van der Waals surface area contributed by atoms with Crippen molar-refractivity contribution in [3.63, 3.8) is 0 Å². The van der Waals surface area contributed by atoms with Crippen molar-refractivity contribution in [2.24, 2.45) is 5.10 Å². The van der Waals surface area contributed by atoms with Crippen molar-refractivity contribution < 1.29 is 14.7 Å². The van der Waals surface area contributed by atoms with Crippen molar-refractivity contribution in [1.82, 2.24) is 5.43 Å². The predicted molar refractivity (Wildman–Crippen MR) is 60.5 cm³/mol. The molecule has 0 saturated carbocycles. The van der Waals surface area contributed by atoms with E-state index < -0.39 is 16.5 Å². The number of nitrogens with one attached hydrogen (secondary N) is 1. The molecule has 5 nitrogen and oxygen atoms in total. The lowest BCUT2D eigenvalue weighted by molar-refractivity contribution is -0.135. The summed E-state index contributed by atoms with van der Waals surface area (Å²) in [5.74, 6) is -1.07. The summed E-state index contributed by atoms with van der Waals surface area (Å²) in [6.45, 7) is 0. The largest absolute Gasteiger partial charge is 0.480 e. The van der Waals surface area contributed by atoms with Crippen LogP contribution in [0.15, 0.2) is 35.4 Å². The van der Waals surface area contributed by atoms with Gasteiger partial charge in [-0.25, -0.2) is 5.43 Å². The summed E-state index contributed by atoms with van der Waals surface area (Å²) in [5, 5.41) is 11.4. The Kier molecular flexibility index (Phi) is 2.91. The van der Waals surface area contributed by atoms with Gasteiger partial charge >= 0.3 is 5.97 Å². The quantitative estimate of drug-likeness (QED) is 0.811. The number of carbonyl (C=O) groups is 2. The number of amides is 1. The third kappa shape index (κ3) is 2.06. The number of hydrazone groups is 1. The molecule has 1 amide bonds. The SMILES string of the molecule is O=C1NN=C(c2ccccc2)C(C(=O)O)S1. The van der Waals surface area contributed by atoms with Crippen LogP contribution in [-0.2, 0) is 4.79 Å². The molecule has 2 N–H and O–H groups in total. The second-order valence-electron chi connectivity index (χ2n) is 3.10. The van der Waals surface area contributed by atoms with Gasteiger partial charge in [-0.1, -0.05) is 30.3 Å². The number of aliphatic carboxylic acids is 1. The minimum Gasteiger partial charge on any atom is -0.480 e. The lowest BCUT2D eigenvalue weighted by atomic mass is 10.1. The molecule has 1 atom stereocenters. The van der Waals surface area contributed by atoms with Crippen LogP contribution in [0.5, 0.6) is 0 Å². The van der Waals surface area contributed by atoms with Crippen LogP contribution in [0.2, 0.25) is 0 Å². The number of thioether (sulfide) groups is 1. The minimum absolute atomic E-state index is 0.359. The topological polar surface area (TPSA) is 78.8 Å². The molecule has 2 rings (SSSR count). The summed E-state index contributed by atoms with van der Waals surface area (Å²) >= 11 is 0.717.